The highest BCUT2D eigenvalue weighted by Crippen LogP contribution is 2.18. The van der Waals surface area contributed by atoms with E-state index in [-0.39, 0.29) is 19.5 Å². The molecule has 0 radical (unpaired) electrons. The number of carbonyl (C=O) groups is 3. The first-order valence-corrected chi connectivity index (χ1v) is 6.52. The van der Waals surface area contributed by atoms with Crippen molar-refractivity contribution in [3.05, 3.63) is 35.9 Å². The Morgan fingerprint density at radius 3 is 2.52 bits per heavy atom. The molecular weight excluding hydrogens is 276 g/mol. The Morgan fingerprint density at radius 2 is 1.90 bits per heavy atom. The monoisotopic (exact) mass is 292 g/mol. The molecular formula is C14H16N2O5. The molecule has 3 N–H and O–H groups in total. The molecule has 2 amide bonds. The molecule has 0 aromatic heterocycles. The van der Waals surface area contributed by atoms with Gasteiger partial charge in [-0.25, -0.2) is 4.79 Å². The van der Waals surface area contributed by atoms with E-state index in [0.717, 1.165) is 4.90 Å². The van der Waals surface area contributed by atoms with Gasteiger partial charge in [0, 0.05) is 18.5 Å². The largest absolute Gasteiger partial charge is 0.480 e. The summed E-state index contributed by atoms with van der Waals surface area (Å²) in [5, 5.41) is 20.9. The first-order chi connectivity index (χ1) is 9.99. The van der Waals surface area contributed by atoms with Crippen molar-refractivity contribution >= 4 is 17.8 Å². The molecule has 2 rings (SSSR count). The second-order valence-electron chi connectivity index (χ2n) is 4.84. The van der Waals surface area contributed by atoms with E-state index in [1.165, 1.54) is 0 Å². The minimum atomic E-state index is -1.16. The molecule has 0 saturated carbocycles. The number of rotatable bonds is 4. The van der Waals surface area contributed by atoms with Crippen LogP contribution in [0.25, 0.3) is 0 Å². The van der Waals surface area contributed by atoms with E-state index < -0.39 is 29.9 Å². The minimum absolute atomic E-state index is 0.00764. The Balaban J connectivity index is 1.92. The average Bonchev–Trinajstić information content (AvgIpc) is 2.87. The number of likely N-dealkylation sites (tertiary alicyclic amines) is 1. The zero-order valence-corrected chi connectivity index (χ0v) is 11.2. The van der Waals surface area contributed by atoms with E-state index in [1.807, 2.05) is 0 Å². The maximum Gasteiger partial charge on any atom is 0.326 e. The maximum atomic E-state index is 12.0. The predicted octanol–water partition coefficient (Wildman–Crippen LogP) is -0.537. The summed E-state index contributed by atoms with van der Waals surface area (Å²) < 4.78 is 0. The van der Waals surface area contributed by atoms with Gasteiger partial charge < -0.3 is 20.4 Å². The van der Waals surface area contributed by atoms with Crippen molar-refractivity contribution < 1.29 is 24.6 Å². The van der Waals surface area contributed by atoms with Gasteiger partial charge in [0.15, 0.2) is 0 Å². The third-order valence-corrected chi connectivity index (χ3v) is 3.32. The zero-order chi connectivity index (χ0) is 15.4. The molecule has 1 aromatic rings. The summed E-state index contributed by atoms with van der Waals surface area (Å²) >= 11 is 0. The second kappa shape index (κ2) is 6.36. The van der Waals surface area contributed by atoms with E-state index in [1.54, 1.807) is 30.3 Å². The van der Waals surface area contributed by atoms with Gasteiger partial charge in [-0.15, -0.1) is 0 Å². The van der Waals surface area contributed by atoms with Gasteiger partial charge in [0.05, 0.1) is 12.6 Å². The molecule has 2 atom stereocenters. The van der Waals surface area contributed by atoms with Crippen LogP contribution in [0.1, 0.15) is 16.8 Å². The number of aliphatic carboxylic acids is 1. The molecule has 1 aliphatic rings. The van der Waals surface area contributed by atoms with E-state index in [9.17, 15) is 19.5 Å². The number of hydrogen-bond donors (Lipinski definition) is 3. The fraction of sp³-hybridized carbons (Fsp3) is 0.357. The van der Waals surface area contributed by atoms with Crippen LogP contribution in [0.5, 0.6) is 0 Å². The number of aliphatic hydroxyl groups is 1. The number of amides is 2. The van der Waals surface area contributed by atoms with Crippen LogP contribution in [-0.2, 0) is 9.59 Å². The lowest BCUT2D eigenvalue weighted by molar-refractivity contribution is -0.147. The van der Waals surface area contributed by atoms with Crippen LogP contribution in [0.4, 0.5) is 0 Å². The number of β-amino-alcohol motifs (C(OH)–C–C–N with tert-alkyl or cyclic N) is 1. The van der Waals surface area contributed by atoms with Crippen molar-refractivity contribution in [1.82, 2.24) is 10.2 Å². The van der Waals surface area contributed by atoms with E-state index in [0.29, 0.717) is 5.56 Å². The van der Waals surface area contributed by atoms with Gasteiger partial charge in [-0.3, -0.25) is 9.59 Å². The lowest BCUT2D eigenvalue weighted by Gasteiger charge is -2.21. The van der Waals surface area contributed by atoms with Crippen LogP contribution < -0.4 is 5.32 Å². The van der Waals surface area contributed by atoms with Crippen molar-refractivity contribution in [2.45, 2.75) is 18.6 Å². The van der Waals surface area contributed by atoms with Crippen LogP contribution in [0.3, 0.4) is 0 Å². The fourth-order valence-corrected chi connectivity index (χ4v) is 2.27. The lowest BCUT2D eigenvalue weighted by Crippen LogP contribution is -2.45. The standard InChI is InChI=1S/C14H16N2O5/c17-10-6-11(14(20)21)16(8-10)12(18)7-15-13(19)9-4-2-1-3-5-9/h1-5,10-11,17H,6-8H2,(H,15,19)(H,20,21)/t10?,11-/m0/s1. The summed E-state index contributed by atoms with van der Waals surface area (Å²) in [6, 6.07) is 7.35. The number of benzene rings is 1. The first-order valence-electron chi connectivity index (χ1n) is 6.52. The predicted molar refractivity (Wildman–Crippen MR) is 72.5 cm³/mol. The van der Waals surface area contributed by atoms with Gasteiger partial charge >= 0.3 is 5.97 Å². The van der Waals surface area contributed by atoms with E-state index in [4.69, 9.17) is 5.11 Å². The summed E-state index contributed by atoms with van der Waals surface area (Å²) in [4.78, 5) is 35.9. The van der Waals surface area contributed by atoms with Gasteiger partial charge in [0.1, 0.15) is 6.04 Å². The maximum absolute atomic E-state index is 12.0. The Bertz CT molecular complexity index is 546. The number of carbonyl (C=O) groups excluding carboxylic acids is 2. The van der Waals surface area contributed by atoms with E-state index in [2.05, 4.69) is 5.32 Å². The third-order valence-electron chi connectivity index (χ3n) is 3.32. The van der Waals surface area contributed by atoms with Crippen molar-refractivity contribution in [2.24, 2.45) is 0 Å². The molecule has 0 spiro atoms. The fourth-order valence-electron chi connectivity index (χ4n) is 2.27. The van der Waals surface area contributed by atoms with Crippen LogP contribution >= 0.6 is 0 Å². The Hall–Kier alpha value is -2.41. The molecule has 1 fully saturated rings. The molecule has 1 heterocycles. The number of hydrogen-bond acceptors (Lipinski definition) is 4. The highest BCUT2D eigenvalue weighted by molar-refractivity contribution is 5.96. The SMILES string of the molecule is O=C(NCC(=O)N1CC(O)C[C@H]1C(=O)O)c1ccccc1. The number of nitrogens with zero attached hydrogens (tertiary/aromatic N) is 1. The molecule has 7 nitrogen and oxygen atoms in total. The van der Waals surface area contributed by atoms with Gasteiger partial charge in [0.2, 0.25) is 5.91 Å². The quantitative estimate of drug-likeness (QED) is 0.691. The zero-order valence-electron chi connectivity index (χ0n) is 11.2. The van der Waals surface area contributed by atoms with Gasteiger partial charge in [-0.2, -0.15) is 0 Å². The van der Waals surface area contributed by atoms with Crippen LogP contribution in [0.2, 0.25) is 0 Å². The lowest BCUT2D eigenvalue weighted by atomic mass is 10.2. The summed E-state index contributed by atoms with van der Waals surface area (Å²) in [6.07, 6.45) is -0.840. The van der Waals surface area contributed by atoms with Crippen molar-refractivity contribution in [2.75, 3.05) is 13.1 Å². The Labute approximate surface area is 121 Å². The summed E-state index contributed by atoms with van der Waals surface area (Å²) in [7, 11) is 0. The van der Waals surface area contributed by atoms with Crippen LogP contribution in [-0.4, -0.2) is 58.1 Å². The summed E-state index contributed by atoms with van der Waals surface area (Å²) in [6.45, 7) is -0.332. The molecule has 1 saturated heterocycles. The smallest absolute Gasteiger partial charge is 0.326 e. The molecule has 7 heteroatoms. The molecule has 0 bridgehead atoms. The average molecular weight is 292 g/mol. The molecule has 1 aromatic carbocycles. The number of carboxylic acid groups (broad SMARTS) is 1. The number of aliphatic hydroxyl groups excluding tert-OH is 1. The summed E-state index contributed by atoms with van der Waals surface area (Å²) in [5.41, 5.74) is 0.418. The number of carboxylic acids is 1. The van der Waals surface area contributed by atoms with Gasteiger partial charge in [0.25, 0.3) is 5.91 Å². The minimum Gasteiger partial charge on any atom is -0.480 e. The van der Waals surface area contributed by atoms with Crippen molar-refractivity contribution in [3.63, 3.8) is 0 Å². The molecule has 1 unspecified atom stereocenters. The van der Waals surface area contributed by atoms with Gasteiger partial charge in [-0.05, 0) is 12.1 Å². The van der Waals surface area contributed by atoms with Crippen molar-refractivity contribution in [3.8, 4) is 0 Å². The second-order valence-corrected chi connectivity index (χ2v) is 4.84. The molecule has 21 heavy (non-hydrogen) atoms. The van der Waals surface area contributed by atoms with Crippen LogP contribution in [0, 0.1) is 0 Å². The normalized spacial score (nSPS) is 21.1. The Morgan fingerprint density at radius 1 is 1.24 bits per heavy atom. The Kier molecular flexibility index (Phi) is 4.54. The third kappa shape index (κ3) is 3.57. The molecule has 0 aliphatic carbocycles. The number of nitrogens with one attached hydrogen (secondary N) is 1. The molecule has 1 aliphatic heterocycles. The highest BCUT2D eigenvalue weighted by atomic mass is 16.4. The topological polar surface area (TPSA) is 107 Å². The van der Waals surface area contributed by atoms with Crippen molar-refractivity contribution in [1.29, 1.82) is 0 Å². The van der Waals surface area contributed by atoms with E-state index >= 15 is 0 Å². The first kappa shape index (κ1) is 15.0. The summed E-state index contributed by atoms with van der Waals surface area (Å²) in [5.74, 6) is -2.09. The highest BCUT2D eigenvalue weighted by Gasteiger charge is 2.38. The van der Waals surface area contributed by atoms with Gasteiger partial charge in [-0.1, -0.05) is 18.2 Å². The molecule has 112 valence electrons. The van der Waals surface area contributed by atoms with Crippen LogP contribution in [0.15, 0.2) is 30.3 Å².